The third kappa shape index (κ3) is 2.38. The highest BCUT2D eigenvalue weighted by Gasteiger charge is 2.59. The molecule has 7 atom stereocenters. The van der Waals surface area contributed by atoms with Gasteiger partial charge in [-0.05, 0) is 74.2 Å². The molecule has 7 unspecified atom stereocenters. The molecule has 3 heteroatoms. The first-order chi connectivity index (χ1) is 11.4. The van der Waals surface area contributed by atoms with Gasteiger partial charge in [0.25, 0.3) is 0 Å². The van der Waals surface area contributed by atoms with Gasteiger partial charge in [0.05, 0.1) is 0 Å². The molecule has 0 radical (unpaired) electrons. The van der Waals surface area contributed by atoms with E-state index < -0.39 is 0 Å². The normalized spacial score (nSPS) is 47.3. The highest BCUT2D eigenvalue weighted by atomic mass is 16.5. The molecule has 0 saturated heterocycles. The van der Waals surface area contributed by atoms with E-state index in [1.54, 1.807) is 6.92 Å². The summed E-state index contributed by atoms with van der Waals surface area (Å²) in [6.07, 6.45) is 9.60. The average Bonchev–Trinajstić information content (AvgIpc) is 2.82. The van der Waals surface area contributed by atoms with Crippen molar-refractivity contribution < 1.29 is 14.3 Å². The highest BCUT2D eigenvalue weighted by molar-refractivity contribution is 5.91. The van der Waals surface area contributed by atoms with E-state index in [-0.39, 0.29) is 17.5 Å². The van der Waals surface area contributed by atoms with E-state index in [1.165, 1.54) is 18.4 Å². The lowest BCUT2D eigenvalue weighted by molar-refractivity contribution is -0.158. The van der Waals surface area contributed by atoms with Crippen LogP contribution in [0.1, 0.15) is 65.7 Å². The lowest BCUT2D eigenvalue weighted by Gasteiger charge is -2.56. The summed E-state index contributed by atoms with van der Waals surface area (Å²) < 4.78 is 5.74. The minimum atomic E-state index is -0.128. The van der Waals surface area contributed by atoms with Gasteiger partial charge in [-0.1, -0.05) is 19.4 Å². The average molecular weight is 330 g/mol. The van der Waals surface area contributed by atoms with Crippen molar-refractivity contribution in [3.63, 3.8) is 0 Å². The van der Waals surface area contributed by atoms with E-state index in [0.29, 0.717) is 23.5 Å². The summed E-state index contributed by atoms with van der Waals surface area (Å²) in [6.45, 7) is 6.32. The predicted octanol–water partition coefficient (Wildman–Crippen LogP) is 4.31. The van der Waals surface area contributed by atoms with Gasteiger partial charge >= 0.3 is 5.97 Å². The van der Waals surface area contributed by atoms with Crippen molar-refractivity contribution in [3.8, 4) is 0 Å². The van der Waals surface area contributed by atoms with E-state index in [9.17, 15) is 9.59 Å². The third-order valence-corrected chi connectivity index (χ3v) is 7.82. The minimum absolute atomic E-state index is 0.105. The predicted molar refractivity (Wildman–Crippen MR) is 92.2 cm³/mol. The molecule has 0 aromatic carbocycles. The first-order valence-electron chi connectivity index (χ1n) is 9.80. The molecule has 0 aromatic heterocycles. The molecule has 0 bridgehead atoms. The number of ketones is 1. The van der Waals surface area contributed by atoms with E-state index in [2.05, 4.69) is 13.8 Å². The Morgan fingerprint density at radius 1 is 1.21 bits per heavy atom. The summed E-state index contributed by atoms with van der Waals surface area (Å²) in [5.74, 6) is 3.65. The zero-order chi connectivity index (χ0) is 17.1. The van der Waals surface area contributed by atoms with Crippen LogP contribution in [0.4, 0.5) is 0 Å². The molecule has 0 heterocycles. The smallest absolute Gasteiger partial charge is 0.302 e. The maximum absolute atomic E-state index is 11.8. The Morgan fingerprint density at radius 3 is 2.75 bits per heavy atom. The summed E-state index contributed by atoms with van der Waals surface area (Å²) in [7, 11) is 0. The van der Waals surface area contributed by atoms with Gasteiger partial charge in [0.2, 0.25) is 0 Å². The van der Waals surface area contributed by atoms with Crippen molar-refractivity contribution >= 4 is 11.8 Å². The Labute approximate surface area is 145 Å². The van der Waals surface area contributed by atoms with Crippen LogP contribution in [0.5, 0.6) is 0 Å². The molecule has 0 spiro atoms. The topological polar surface area (TPSA) is 43.4 Å². The molecule has 3 nitrogen and oxygen atoms in total. The van der Waals surface area contributed by atoms with Crippen LogP contribution < -0.4 is 0 Å². The number of esters is 1. The number of allylic oxidation sites excluding steroid dienone is 1. The number of hydrogen-bond acceptors (Lipinski definition) is 3. The number of carbonyl (C=O) groups excluding carboxylic acids is 2. The second-order valence-electron chi connectivity index (χ2n) is 9.08. The highest BCUT2D eigenvalue weighted by Crippen LogP contribution is 2.63. The zero-order valence-corrected chi connectivity index (χ0v) is 15.2. The molecule has 3 fully saturated rings. The first kappa shape index (κ1) is 16.4. The van der Waals surface area contributed by atoms with E-state index in [0.717, 1.165) is 43.9 Å². The molecule has 0 amide bonds. The summed E-state index contributed by atoms with van der Waals surface area (Å²) in [4.78, 5) is 23.4. The molecule has 24 heavy (non-hydrogen) atoms. The van der Waals surface area contributed by atoms with Gasteiger partial charge in [0.1, 0.15) is 6.10 Å². The number of carbonyl (C=O) groups is 2. The van der Waals surface area contributed by atoms with E-state index >= 15 is 0 Å². The molecule has 0 N–H and O–H groups in total. The minimum Gasteiger partial charge on any atom is -0.462 e. The van der Waals surface area contributed by atoms with Crippen LogP contribution in [-0.4, -0.2) is 17.9 Å². The van der Waals surface area contributed by atoms with Gasteiger partial charge in [-0.25, -0.2) is 0 Å². The zero-order valence-electron chi connectivity index (χ0n) is 15.2. The van der Waals surface area contributed by atoms with E-state index in [4.69, 9.17) is 4.74 Å². The van der Waals surface area contributed by atoms with Crippen LogP contribution in [0.3, 0.4) is 0 Å². The second kappa shape index (κ2) is 5.71. The standard InChI is InChI=1S/C21H30O3/c1-12-11-21(3)18(8-9-19(21)24-13(2)22)17-6-4-14-10-15(23)5-7-16(14)20(12)17/h10,12,16-20H,4-9,11H2,1-3H3. The van der Waals surface area contributed by atoms with Crippen LogP contribution in [-0.2, 0) is 14.3 Å². The summed E-state index contributed by atoms with van der Waals surface area (Å²) in [5, 5.41) is 0. The van der Waals surface area contributed by atoms with Gasteiger partial charge in [-0.2, -0.15) is 0 Å². The molecular weight excluding hydrogens is 300 g/mol. The number of fused-ring (bicyclic) bond motifs is 5. The quantitative estimate of drug-likeness (QED) is 0.673. The molecule has 4 rings (SSSR count). The van der Waals surface area contributed by atoms with Gasteiger partial charge < -0.3 is 4.74 Å². The van der Waals surface area contributed by atoms with Crippen molar-refractivity contribution in [2.24, 2.45) is 35.0 Å². The van der Waals surface area contributed by atoms with Crippen LogP contribution in [0.25, 0.3) is 0 Å². The number of rotatable bonds is 1. The molecule has 4 aliphatic rings. The van der Waals surface area contributed by atoms with Crippen LogP contribution >= 0.6 is 0 Å². The molecular formula is C21H30O3. The molecule has 3 saturated carbocycles. The maximum Gasteiger partial charge on any atom is 0.302 e. The number of hydrogen-bond donors (Lipinski definition) is 0. The first-order valence-corrected chi connectivity index (χ1v) is 9.80. The Morgan fingerprint density at radius 2 is 2.00 bits per heavy atom. The lowest BCUT2D eigenvalue weighted by atomic mass is 9.49. The number of ether oxygens (including phenoxy) is 1. The maximum atomic E-state index is 11.8. The third-order valence-electron chi connectivity index (χ3n) is 7.82. The Kier molecular flexibility index (Phi) is 3.89. The Bertz CT molecular complexity index is 592. The fourth-order valence-corrected chi connectivity index (χ4v) is 7.12. The SMILES string of the molecule is CC(=O)OC1CCC2C3CCC4=CC(=O)CCC4C3C(C)CC12C. The van der Waals surface area contributed by atoms with Crippen LogP contribution in [0.15, 0.2) is 11.6 Å². The van der Waals surface area contributed by atoms with Crippen molar-refractivity contribution in [1.82, 2.24) is 0 Å². The summed E-state index contributed by atoms with van der Waals surface area (Å²) >= 11 is 0. The summed E-state index contributed by atoms with van der Waals surface area (Å²) in [5.41, 5.74) is 1.59. The largest absolute Gasteiger partial charge is 0.462 e. The molecule has 0 aliphatic heterocycles. The molecule has 4 aliphatic carbocycles. The van der Waals surface area contributed by atoms with Crippen molar-refractivity contribution in [3.05, 3.63) is 11.6 Å². The molecule has 0 aromatic rings. The van der Waals surface area contributed by atoms with Gasteiger partial charge in [-0.3, -0.25) is 9.59 Å². The van der Waals surface area contributed by atoms with Crippen molar-refractivity contribution in [2.45, 2.75) is 71.8 Å². The van der Waals surface area contributed by atoms with Gasteiger partial charge in [0, 0.05) is 18.8 Å². The van der Waals surface area contributed by atoms with Crippen molar-refractivity contribution in [2.75, 3.05) is 0 Å². The Balaban J connectivity index is 1.63. The van der Waals surface area contributed by atoms with Crippen LogP contribution in [0, 0.1) is 35.0 Å². The van der Waals surface area contributed by atoms with Crippen LogP contribution in [0.2, 0.25) is 0 Å². The monoisotopic (exact) mass is 330 g/mol. The van der Waals surface area contributed by atoms with Crippen molar-refractivity contribution in [1.29, 1.82) is 0 Å². The molecule has 132 valence electrons. The lowest BCUT2D eigenvalue weighted by Crippen LogP contribution is -2.51. The second-order valence-corrected chi connectivity index (χ2v) is 9.08. The Hall–Kier alpha value is -1.12. The van der Waals surface area contributed by atoms with Gasteiger partial charge in [-0.15, -0.1) is 0 Å². The van der Waals surface area contributed by atoms with E-state index in [1.807, 2.05) is 6.08 Å². The fraction of sp³-hybridized carbons (Fsp3) is 0.810. The summed E-state index contributed by atoms with van der Waals surface area (Å²) in [6, 6.07) is 0. The fourth-order valence-electron chi connectivity index (χ4n) is 7.12. The van der Waals surface area contributed by atoms with Gasteiger partial charge in [0.15, 0.2) is 5.78 Å².